The van der Waals surface area contributed by atoms with E-state index in [1.165, 1.54) is 0 Å². The van der Waals surface area contributed by atoms with Gasteiger partial charge in [0.2, 0.25) is 0 Å². The van der Waals surface area contributed by atoms with Crippen molar-refractivity contribution in [3.05, 3.63) is 0 Å². The zero-order valence-corrected chi connectivity index (χ0v) is 7.27. The Morgan fingerprint density at radius 1 is 1.36 bits per heavy atom. The molecule has 1 saturated heterocycles. The summed E-state index contributed by atoms with van der Waals surface area (Å²) in [5, 5.41) is 0. The third kappa shape index (κ3) is 2.14. The van der Waals surface area contributed by atoms with E-state index >= 15 is 0 Å². The molecule has 0 aromatic rings. The predicted octanol–water partition coefficient (Wildman–Crippen LogP) is 1.07. The maximum atomic E-state index is 12.5. The van der Waals surface area contributed by atoms with E-state index in [0.29, 0.717) is 0 Å². The van der Waals surface area contributed by atoms with Gasteiger partial charge >= 0.3 is 0 Å². The quantitative estimate of drug-likeness (QED) is 0.600. The first kappa shape index (κ1) is 8.94. The van der Waals surface area contributed by atoms with Gasteiger partial charge in [0, 0.05) is 18.6 Å². The average Bonchev–Trinajstić information content (AvgIpc) is 2.06. The fourth-order valence-corrected chi connectivity index (χ4v) is 1.25. The number of nitrogens with zero attached hydrogens (tertiary/aromatic N) is 1. The zero-order chi connectivity index (χ0) is 8.32. The number of hydrogen-bond acceptors (Lipinski definition) is 2. The molecular formula is C8H16FNO. The number of ether oxygens (including phenoxy) is 1. The number of hydrogen-bond donors (Lipinski definition) is 0. The van der Waals surface area contributed by atoms with Crippen molar-refractivity contribution < 1.29 is 9.13 Å². The van der Waals surface area contributed by atoms with Gasteiger partial charge in [-0.1, -0.05) is 0 Å². The van der Waals surface area contributed by atoms with Gasteiger partial charge in [0.15, 0.2) is 0 Å². The summed E-state index contributed by atoms with van der Waals surface area (Å²) in [5.74, 6) is 0. The molecule has 11 heavy (non-hydrogen) atoms. The van der Waals surface area contributed by atoms with Gasteiger partial charge in [-0.3, -0.25) is 4.90 Å². The van der Waals surface area contributed by atoms with E-state index in [0.717, 1.165) is 26.3 Å². The van der Waals surface area contributed by atoms with Crippen LogP contribution in [-0.2, 0) is 4.74 Å². The Balaban J connectivity index is 2.43. The van der Waals surface area contributed by atoms with Gasteiger partial charge in [-0.25, -0.2) is 4.39 Å². The Labute approximate surface area is 67.3 Å². The van der Waals surface area contributed by atoms with Crippen molar-refractivity contribution in [1.29, 1.82) is 0 Å². The van der Waals surface area contributed by atoms with E-state index in [4.69, 9.17) is 4.74 Å². The maximum absolute atomic E-state index is 12.5. The summed E-state index contributed by atoms with van der Waals surface area (Å²) in [6.07, 6.45) is 0. The second-order valence-electron chi connectivity index (χ2n) is 3.55. The smallest absolute Gasteiger partial charge is 0.107 e. The lowest BCUT2D eigenvalue weighted by Gasteiger charge is -2.38. The molecule has 0 aromatic heterocycles. The molecule has 0 unspecified atom stereocenters. The number of halogens is 1. The van der Waals surface area contributed by atoms with Crippen LogP contribution in [0.25, 0.3) is 0 Å². The van der Waals surface area contributed by atoms with Crippen LogP contribution in [0.2, 0.25) is 0 Å². The van der Waals surface area contributed by atoms with Crippen molar-refractivity contribution in [2.24, 2.45) is 0 Å². The number of alkyl halides is 1. The second-order valence-corrected chi connectivity index (χ2v) is 3.55. The molecule has 0 radical (unpaired) electrons. The highest BCUT2D eigenvalue weighted by Crippen LogP contribution is 2.15. The van der Waals surface area contributed by atoms with Gasteiger partial charge in [0.1, 0.15) is 6.67 Å². The highest BCUT2D eigenvalue weighted by Gasteiger charge is 2.27. The van der Waals surface area contributed by atoms with Crippen LogP contribution in [0.5, 0.6) is 0 Å². The Morgan fingerprint density at radius 3 is 2.36 bits per heavy atom. The zero-order valence-electron chi connectivity index (χ0n) is 7.27. The van der Waals surface area contributed by atoms with Crippen molar-refractivity contribution in [3.8, 4) is 0 Å². The molecule has 1 heterocycles. The number of rotatable bonds is 2. The first-order valence-corrected chi connectivity index (χ1v) is 4.05. The molecular weight excluding hydrogens is 145 g/mol. The lowest BCUT2D eigenvalue weighted by molar-refractivity contribution is -0.0176. The molecule has 0 amide bonds. The third-order valence-electron chi connectivity index (χ3n) is 2.19. The Kier molecular flexibility index (Phi) is 2.84. The van der Waals surface area contributed by atoms with E-state index in [9.17, 15) is 4.39 Å². The lowest BCUT2D eigenvalue weighted by atomic mass is 10.0. The van der Waals surface area contributed by atoms with Crippen molar-refractivity contribution in [2.75, 3.05) is 33.0 Å². The molecule has 66 valence electrons. The SMILES string of the molecule is CC(C)(CF)N1CCOCC1. The first-order valence-electron chi connectivity index (χ1n) is 4.05. The maximum Gasteiger partial charge on any atom is 0.107 e. The largest absolute Gasteiger partial charge is 0.379 e. The average molecular weight is 161 g/mol. The molecule has 1 aliphatic rings. The monoisotopic (exact) mass is 161 g/mol. The van der Waals surface area contributed by atoms with Gasteiger partial charge < -0.3 is 4.74 Å². The third-order valence-corrected chi connectivity index (χ3v) is 2.19. The van der Waals surface area contributed by atoms with E-state index in [2.05, 4.69) is 4.90 Å². The minimum atomic E-state index is -0.302. The topological polar surface area (TPSA) is 12.5 Å². The molecule has 3 heteroatoms. The fourth-order valence-electron chi connectivity index (χ4n) is 1.25. The van der Waals surface area contributed by atoms with Crippen molar-refractivity contribution in [2.45, 2.75) is 19.4 Å². The minimum absolute atomic E-state index is 0.285. The van der Waals surface area contributed by atoms with Crippen LogP contribution < -0.4 is 0 Å². The molecule has 2 nitrogen and oxygen atoms in total. The molecule has 0 N–H and O–H groups in total. The predicted molar refractivity (Wildman–Crippen MR) is 42.4 cm³/mol. The van der Waals surface area contributed by atoms with Crippen LogP contribution in [0.3, 0.4) is 0 Å². The van der Waals surface area contributed by atoms with Crippen molar-refractivity contribution in [3.63, 3.8) is 0 Å². The normalized spacial score (nSPS) is 22.1. The summed E-state index contributed by atoms with van der Waals surface area (Å²) in [6.45, 7) is 6.77. The van der Waals surface area contributed by atoms with Crippen LogP contribution in [0.15, 0.2) is 0 Å². The first-order chi connectivity index (χ1) is 5.17. The molecule has 0 bridgehead atoms. The van der Waals surface area contributed by atoms with E-state index in [1.807, 2.05) is 13.8 Å². The van der Waals surface area contributed by atoms with Crippen LogP contribution >= 0.6 is 0 Å². The van der Waals surface area contributed by atoms with Gasteiger partial charge in [-0.05, 0) is 13.8 Å². The highest BCUT2D eigenvalue weighted by molar-refractivity contribution is 4.81. The summed E-state index contributed by atoms with van der Waals surface area (Å²) in [5.41, 5.74) is -0.302. The molecule has 0 aliphatic carbocycles. The molecule has 1 rings (SSSR count). The van der Waals surface area contributed by atoms with Crippen LogP contribution in [0, 0.1) is 0 Å². The standard InChI is InChI=1S/C8H16FNO/c1-8(2,7-9)10-3-5-11-6-4-10/h3-7H2,1-2H3. The summed E-state index contributed by atoms with van der Waals surface area (Å²) < 4.78 is 17.6. The Hall–Kier alpha value is -0.150. The van der Waals surface area contributed by atoms with Gasteiger partial charge in [-0.15, -0.1) is 0 Å². The van der Waals surface area contributed by atoms with Crippen LogP contribution in [-0.4, -0.2) is 43.4 Å². The molecule has 0 saturated carbocycles. The van der Waals surface area contributed by atoms with Crippen LogP contribution in [0.1, 0.15) is 13.8 Å². The van der Waals surface area contributed by atoms with Crippen molar-refractivity contribution >= 4 is 0 Å². The highest BCUT2D eigenvalue weighted by atomic mass is 19.1. The Morgan fingerprint density at radius 2 is 1.91 bits per heavy atom. The Bertz CT molecular complexity index is 121. The van der Waals surface area contributed by atoms with Crippen molar-refractivity contribution in [1.82, 2.24) is 4.90 Å². The fraction of sp³-hybridized carbons (Fsp3) is 1.00. The second kappa shape index (κ2) is 3.50. The van der Waals surface area contributed by atoms with E-state index in [-0.39, 0.29) is 12.2 Å². The molecule has 0 aromatic carbocycles. The van der Waals surface area contributed by atoms with Gasteiger partial charge in [0.25, 0.3) is 0 Å². The summed E-state index contributed by atoms with van der Waals surface area (Å²) in [6, 6.07) is 0. The number of morpholine rings is 1. The summed E-state index contributed by atoms with van der Waals surface area (Å²) >= 11 is 0. The molecule has 1 fully saturated rings. The summed E-state index contributed by atoms with van der Waals surface area (Å²) in [4.78, 5) is 2.14. The molecule has 1 aliphatic heterocycles. The van der Waals surface area contributed by atoms with Crippen LogP contribution in [0.4, 0.5) is 4.39 Å². The molecule has 0 spiro atoms. The lowest BCUT2D eigenvalue weighted by Crippen LogP contribution is -2.51. The van der Waals surface area contributed by atoms with Gasteiger partial charge in [-0.2, -0.15) is 0 Å². The van der Waals surface area contributed by atoms with Gasteiger partial charge in [0.05, 0.1) is 13.2 Å². The van der Waals surface area contributed by atoms with E-state index in [1.54, 1.807) is 0 Å². The summed E-state index contributed by atoms with van der Waals surface area (Å²) in [7, 11) is 0. The minimum Gasteiger partial charge on any atom is -0.379 e. The van der Waals surface area contributed by atoms with E-state index < -0.39 is 0 Å². The molecule has 0 atom stereocenters.